The molecule has 3 heterocycles. The number of nitrogens with one attached hydrogen (secondary N) is 1. The number of aromatic nitrogens is 3. The molecular weight excluding hydrogens is 568 g/mol. The molecule has 1 unspecified atom stereocenters. The summed E-state index contributed by atoms with van der Waals surface area (Å²) in [4.78, 5) is 30.1. The Morgan fingerprint density at radius 2 is 1.80 bits per heavy atom. The van der Waals surface area contributed by atoms with Crippen molar-refractivity contribution >= 4 is 23.2 Å². The van der Waals surface area contributed by atoms with Crippen molar-refractivity contribution in [1.29, 1.82) is 0 Å². The smallest absolute Gasteiger partial charge is 0.264 e. The normalized spacial score (nSPS) is 19.7. The van der Waals surface area contributed by atoms with E-state index in [9.17, 15) is 19.8 Å². The van der Waals surface area contributed by atoms with Gasteiger partial charge in [-0.05, 0) is 35.7 Å². The van der Waals surface area contributed by atoms with Crippen molar-refractivity contribution in [3.63, 3.8) is 0 Å². The summed E-state index contributed by atoms with van der Waals surface area (Å²) >= 11 is 0. The average molecular weight is 607 g/mol. The number of nitrogens with zero attached hydrogens (tertiary/aromatic N) is 5. The first-order valence-corrected chi connectivity index (χ1v) is 15.4. The molecule has 3 N–H and O–H groups in total. The Kier molecular flexibility index (Phi) is 8.88. The molecule has 2 aliphatic heterocycles. The zero-order chi connectivity index (χ0) is 31.4. The van der Waals surface area contributed by atoms with Crippen LogP contribution >= 0.6 is 0 Å². The molecule has 232 valence electrons. The summed E-state index contributed by atoms with van der Waals surface area (Å²) in [6.07, 6.45) is 6.26. The Morgan fingerprint density at radius 3 is 2.53 bits per heavy atom. The highest BCUT2D eigenvalue weighted by molar-refractivity contribution is 6.08. The van der Waals surface area contributed by atoms with E-state index in [4.69, 9.17) is 0 Å². The monoisotopic (exact) mass is 606 g/mol. The van der Waals surface area contributed by atoms with E-state index in [1.807, 2.05) is 98.1 Å². The largest absolute Gasteiger partial charge is 0.395 e. The maximum Gasteiger partial charge on any atom is 0.264 e. The molecule has 4 aromatic rings. The lowest BCUT2D eigenvalue weighted by Crippen LogP contribution is -2.48. The van der Waals surface area contributed by atoms with Gasteiger partial charge in [0.05, 0.1) is 37.0 Å². The minimum atomic E-state index is -1.81. The number of aliphatic hydroxyl groups is 2. The summed E-state index contributed by atoms with van der Waals surface area (Å²) in [7, 11) is 0. The molecule has 0 spiro atoms. The third-order valence-corrected chi connectivity index (χ3v) is 8.74. The quantitative estimate of drug-likeness (QED) is 0.224. The Balaban J connectivity index is 1.21. The summed E-state index contributed by atoms with van der Waals surface area (Å²) in [6, 6.07) is 24.9. The van der Waals surface area contributed by atoms with Crippen LogP contribution < -0.4 is 15.1 Å². The van der Waals surface area contributed by atoms with Crippen molar-refractivity contribution in [2.24, 2.45) is 5.92 Å². The predicted octanol–water partition coefficient (Wildman–Crippen LogP) is 3.36. The van der Waals surface area contributed by atoms with E-state index < -0.39 is 11.5 Å². The van der Waals surface area contributed by atoms with E-state index in [1.165, 1.54) is 0 Å². The Morgan fingerprint density at radius 1 is 1.04 bits per heavy atom. The predicted molar refractivity (Wildman–Crippen MR) is 172 cm³/mol. The van der Waals surface area contributed by atoms with E-state index in [0.29, 0.717) is 55.2 Å². The van der Waals surface area contributed by atoms with Crippen LogP contribution in [-0.2, 0) is 28.3 Å². The molecule has 45 heavy (non-hydrogen) atoms. The molecule has 1 aromatic heterocycles. The maximum atomic E-state index is 14.1. The molecule has 1 fully saturated rings. The third-order valence-electron chi connectivity index (χ3n) is 8.74. The van der Waals surface area contributed by atoms with Gasteiger partial charge in [0.2, 0.25) is 5.91 Å². The Labute approximate surface area is 262 Å². The van der Waals surface area contributed by atoms with Crippen LogP contribution in [0.3, 0.4) is 0 Å². The molecule has 0 radical (unpaired) electrons. The first-order chi connectivity index (χ1) is 21.9. The van der Waals surface area contributed by atoms with Gasteiger partial charge in [0, 0.05) is 43.0 Å². The third kappa shape index (κ3) is 6.04. The highest BCUT2D eigenvalue weighted by atomic mass is 16.3. The number of hydrogen-bond acceptors (Lipinski definition) is 7. The van der Waals surface area contributed by atoms with E-state index in [2.05, 4.69) is 15.6 Å². The second-order valence-electron chi connectivity index (χ2n) is 11.6. The van der Waals surface area contributed by atoms with Crippen LogP contribution in [0.15, 0.2) is 97.2 Å². The Bertz CT molecular complexity index is 1670. The van der Waals surface area contributed by atoms with Gasteiger partial charge in [0.1, 0.15) is 0 Å². The number of carbonyl (C=O) groups is 2. The standard InChI is InChI=1S/C35H38N6O4/c1-25(10-8-9-18-39-23-31(37-38-39)29(24-42)27-13-6-3-7-14-27)35(45)30-20-28(40-19-17-36-21-33(40)43)15-16-32(30)41(34(35)44)22-26-11-4-2-5-12-26/h2-8,10-16,20,23,25,29,36,42,45H,9,17-19,21-22,24H2,1H3/b10-8+/t25-,29?,35+/m0/s1. The van der Waals surface area contributed by atoms with Gasteiger partial charge in [0.25, 0.3) is 5.91 Å². The fourth-order valence-corrected chi connectivity index (χ4v) is 6.19. The number of aliphatic hydroxyl groups excluding tert-OH is 1. The van der Waals surface area contributed by atoms with Gasteiger partial charge in [-0.25, -0.2) is 0 Å². The van der Waals surface area contributed by atoms with Crippen LogP contribution in [-0.4, -0.2) is 63.3 Å². The van der Waals surface area contributed by atoms with Gasteiger partial charge < -0.3 is 25.3 Å². The second-order valence-corrected chi connectivity index (χ2v) is 11.6. The number of allylic oxidation sites excluding steroid dienone is 1. The molecule has 2 aliphatic rings. The van der Waals surface area contributed by atoms with E-state index in [1.54, 1.807) is 20.5 Å². The van der Waals surface area contributed by atoms with Crippen molar-refractivity contribution in [2.75, 3.05) is 36.0 Å². The van der Waals surface area contributed by atoms with Crippen molar-refractivity contribution in [2.45, 2.75) is 38.0 Å². The van der Waals surface area contributed by atoms with Crippen LogP contribution in [0.2, 0.25) is 0 Å². The molecule has 3 atom stereocenters. The molecule has 2 amide bonds. The van der Waals surface area contributed by atoms with Crippen LogP contribution in [0.25, 0.3) is 0 Å². The van der Waals surface area contributed by atoms with Crippen molar-refractivity contribution in [3.8, 4) is 0 Å². The number of benzene rings is 3. The average Bonchev–Trinajstić information content (AvgIpc) is 3.62. The molecule has 1 saturated heterocycles. The molecule has 0 bridgehead atoms. The lowest BCUT2D eigenvalue weighted by molar-refractivity contribution is -0.139. The van der Waals surface area contributed by atoms with Gasteiger partial charge in [-0.15, -0.1) is 5.10 Å². The van der Waals surface area contributed by atoms with E-state index in [-0.39, 0.29) is 30.9 Å². The van der Waals surface area contributed by atoms with E-state index in [0.717, 1.165) is 11.1 Å². The van der Waals surface area contributed by atoms with Gasteiger partial charge in [-0.2, -0.15) is 0 Å². The van der Waals surface area contributed by atoms with E-state index >= 15 is 0 Å². The highest BCUT2D eigenvalue weighted by Crippen LogP contribution is 2.47. The van der Waals surface area contributed by atoms with Gasteiger partial charge in [0.15, 0.2) is 5.60 Å². The summed E-state index contributed by atoms with van der Waals surface area (Å²) in [5.74, 6) is -1.24. The first kappa shape index (κ1) is 30.4. The van der Waals surface area contributed by atoms with Crippen LogP contribution in [0.4, 0.5) is 11.4 Å². The zero-order valence-corrected chi connectivity index (χ0v) is 25.3. The zero-order valence-electron chi connectivity index (χ0n) is 25.3. The van der Waals surface area contributed by atoms with Gasteiger partial charge >= 0.3 is 0 Å². The summed E-state index contributed by atoms with van der Waals surface area (Å²) in [6.45, 7) is 4.07. The van der Waals surface area contributed by atoms with Crippen LogP contribution in [0.5, 0.6) is 0 Å². The molecule has 3 aromatic carbocycles. The number of hydrogen-bond donors (Lipinski definition) is 3. The number of aryl methyl sites for hydroxylation is 1. The molecule has 0 saturated carbocycles. The summed E-state index contributed by atoms with van der Waals surface area (Å²) < 4.78 is 1.74. The number of rotatable bonds is 11. The van der Waals surface area contributed by atoms with Gasteiger partial charge in [-0.1, -0.05) is 85.0 Å². The SMILES string of the molecule is C[C@@H](/C=C/CCn1cc(C(CO)c2ccccc2)nn1)[C@]1(O)C(=O)N(Cc2ccccc2)c2ccc(N3CCNCC3=O)cc21. The number of amides is 2. The van der Waals surface area contributed by atoms with Crippen molar-refractivity contribution in [1.82, 2.24) is 20.3 Å². The second kappa shape index (κ2) is 13.2. The van der Waals surface area contributed by atoms with Crippen LogP contribution in [0.1, 0.15) is 41.6 Å². The number of carbonyl (C=O) groups excluding carboxylic acids is 2. The highest BCUT2D eigenvalue weighted by Gasteiger charge is 2.52. The number of piperazine rings is 1. The van der Waals surface area contributed by atoms with Crippen molar-refractivity contribution < 1.29 is 19.8 Å². The molecule has 6 rings (SSSR count). The van der Waals surface area contributed by atoms with Crippen LogP contribution in [0, 0.1) is 5.92 Å². The van der Waals surface area contributed by atoms with Gasteiger partial charge in [-0.3, -0.25) is 14.3 Å². The molecule has 10 nitrogen and oxygen atoms in total. The maximum absolute atomic E-state index is 14.1. The lowest BCUT2D eigenvalue weighted by Gasteiger charge is -2.30. The topological polar surface area (TPSA) is 124 Å². The molecular formula is C35H38N6O4. The summed E-state index contributed by atoms with van der Waals surface area (Å²) in [5, 5.41) is 33.8. The lowest BCUT2D eigenvalue weighted by atomic mass is 9.82. The minimum absolute atomic E-state index is 0.0477. The molecule has 0 aliphatic carbocycles. The number of anilines is 2. The van der Waals surface area contributed by atoms with Crippen molar-refractivity contribution in [3.05, 3.63) is 120 Å². The minimum Gasteiger partial charge on any atom is -0.395 e. The summed E-state index contributed by atoms with van der Waals surface area (Å²) in [5.41, 5.74) is 2.63. The fourth-order valence-electron chi connectivity index (χ4n) is 6.19. The number of fused-ring (bicyclic) bond motifs is 1. The first-order valence-electron chi connectivity index (χ1n) is 15.4. The fraction of sp³-hybridized carbons (Fsp3) is 0.314. The molecule has 10 heteroatoms. The Hall–Kier alpha value is -4.64.